The highest BCUT2D eigenvalue weighted by Gasteiger charge is 2.35. The van der Waals surface area contributed by atoms with Crippen molar-refractivity contribution in [2.45, 2.75) is 109 Å². The van der Waals surface area contributed by atoms with Crippen LogP contribution in [0.3, 0.4) is 0 Å². The van der Waals surface area contributed by atoms with Crippen LogP contribution in [0.1, 0.15) is 113 Å². The summed E-state index contributed by atoms with van der Waals surface area (Å²) in [7, 11) is 0. The number of furan rings is 1. The molecule has 0 aliphatic carbocycles. The van der Waals surface area contributed by atoms with Gasteiger partial charge in [0.2, 0.25) is 5.76 Å². The van der Waals surface area contributed by atoms with E-state index in [1.165, 1.54) is 75.2 Å². The first-order valence-corrected chi connectivity index (χ1v) is 15.5. The minimum absolute atomic E-state index is 0.0252. The van der Waals surface area contributed by atoms with Gasteiger partial charge in [-0.15, -0.1) is 0 Å². The van der Waals surface area contributed by atoms with Gasteiger partial charge in [0.05, 0.1) is 6.61 Å². The van der Waals surface area contributed by atoms with Gasteiger partial charge in [0.25, 0.3) is 11.9 Å². The van der Waals surface area contributed by atoms with Crippen LogP contribution in [0.25, 0.3) is 0 Å². The van der Waals surface area contributed by atoms with Gasteiger partial charge in [-0.25, -0.2) is 9.59 Å². The first-order valence-electron chi connectivity index (χ1n) is 15.5. The molecular formula is C33H47NO7. The Kier molecular flexibility index (Phi) is 14.9. The number of nitrogens with zero attached hydrogens (tertiary/aromatic N) is 1. The van der Waals surface area contributed by atoms with E-state index in [4.69, 9.17) is 18.6 Å². The summed E-state index contributed by atoms with van der Waals surface area (Å²) in [5, 5.41) is 0. The van der Waals surface area contributed by atoms with Crippen LogP contribution in [-0.2, 0) is 25.7 Å². The maximum Gasteiger partial charge on any atom is 0.374 e. The average molecular weight is 570 g/mol. The van der Waals surface area contributed by atoms with Crippen LogP contribution < -0.4 is 4.74 Å². The molecular weight excluding hydrogens is 522 g/mol. The molecule has 1 aromatic heterocycles. The summed E-state index contributed by atoms with van der Waals surface area (Å²) >= 11 is 0. The summed E-state index contributed by atoms with van der Waals surface area (Å²) in [4.78, 5) is 39.1. The van der Waals surface area contributed by atoms with Crippen molar-refractivity contribution in [1.29, 1.82) is 0 Å². The summed E-state index contributed by atoms with van der Waals surface area (Å²) < 4.78 is 21.6. The number of esters is 2. The van der Waals surface area contributed by atoms with Crippen LogP contribution in [0.15, 0.2) is 46.9 Å². The third-order valence-corrected chi connectivity index (χ3v) is 7.42. The minimum Gasteiger partial charge on any atom is -0.465 e. The van der Waals surface area contributed by atoms with Gasteiger partial charge in [0.1, 0.15) is 12.6 Å². The summed E-state index contributed by atoms with van der Waals surface area (Å²) in [6.45, 7) is 2.86. The molecule has 1 unspecified atom stereocenters. The quantitative estimate of drug-likeness (QED) is 0.122. The topological polar surface area (TPSA) is 95.3 Å². The summed E-state index contributed by atoms with van der Waals surface area (Å²) in [5.74, 6) is -1.41. The molecule has 1 fully saturated rings. The highest BCUT2D eigenvalue weighted by molar-refractivity contribution is 5.90. The lowest BCUT2D eigenvalue weighted by Gasteiger charge is -2.23. The number of ether oxygens (including phenoxy) is 3. The molecule has 1 atom stereocenters. The van der Waals surface area contributed by atoms with Crippen molar-refractivity contribution in [3.63, 3.8) is 0 Å². The number of unbranched alkanes of at least 4 members (excludes halogenated alkanes) is 11. The third-order valence-electron chi connectivity index (χ3n) is 7.42. The van der Waals surface area contributed by atoms with Gasteiger partial charge in [-0.1, -0.05) is 108 Å². The number of hydrogen-bond acceptors (Lipinski definition) is 7. The second-order valence-corrected chi connectivity index (χ2v) is 10.8. The molecule has 0 radical (unpaired) electrons. The molecule has 41 heavy (non-hydrogen) atoms. The van der Waals surface area contributed by atoms with Gasteiger partial charge < -0.3 is 23.5 Å². The highest BCUT2D eigenvalue weighted by atomic mass is 16.6. The van der Waals surface area contributed by atoms with Crippen LogP contribution in [0.2, 0.25) is 0 Å². The first kappa shape index (κ1) is 32.2. The maximum atomic E-state index is 12.7. The number of rotatable bonds is 20. The zero-order valence-corrected chi connectivity index (χ0v) is 24.7. The van der Waals surface area contributed by atoms with E-state index in [0.29, 0.717) is 26.0 Å². The molecule has 0 spiro atoms. The van der Waals surface area contributed by atoms with Crippen molar-refractivity contribution in [3.8, 4) is 5.95 Å². The summed E-state index contributed by atoms with van der Waals surface area (Å²) in [5.41, 5.74) is 0.876. The largest absolute Gasteiger partial charge is 0.465 e. The Morgan fingerprint density at radius 1 is 0.829 bits per heavy atom. The monoisotopic (exact) mass is 569 g/mol. The van der Waals surface area contributed by atoms with E-state index in [1.54, 1.807) is 6.07 Å². The van der Waals surface area contributed by atoms with Crippen molar-refractivity contribution in [2.75, 3.05) is 19.8 Å². The Hall–Kier alpha value is -3.29. The van der Waals surface area contributed by atoms with Crippen molar-refractivity contribution in [2.24, 2.45) is 0 Å². The van der Waals surface area contributed by atoms with Crippen LogP contribution in [0, 0.1) is 0 Å². The molecule has 0 bridgehead atoms. The average Bonchev–Trinajstić information content (AvgIpc) is 3.68. The SMILES string of the molecule is CCCCCCCCCCCCCCOc1ccc(C(=O)OCC(=O)N2CCCC2C(=O)OCc2ccccc2)o1. The molecule has 1 aromatic carbocycles. The molecule has 1 amide bonds. The van der Waals surface area contributed by atoms with Crippen LogP contribution >= 0.6 is 0 Å². The second-order valence-electron chi connectivity index (χ2n) is 10.8. The Labute approximate surface area is 244 Å². The minimum atomic E-state index is -0.749. The van der Waals surface area contributed by atoms with E-state index < -0.39 is 30.5 Å². The molecule has 226 valence electrons. The zero-order valence-electron chi connectivity index (χ0n) is 24.7. The van der Waals surface area contributed by atoms with Crippen LogP contribution in [0.5, 0.6) is 5.95 Å². The molecule has 8 heteroatoms. The van der Waals surface area contributed by atoms with Crippen molar-refractivity contribution in [3.05, 3.63) is 53.8 Å². The fraction of sp³-hybridized carbons (Fsp3) is 0.606. The van der Waals surface area contributed by atoms with E-state index in [-0.39, 0.29) is 18.3 Å². The van der Waals surface area contributed by atoms with Gasteiger partial charge in [-0.3, -0.25) is 4.79 Å². The summed E-state index contributed by atoms with van der Waals surface area (Å²) in [6, 6.07) is 11.8. The molecule has 2 heterocycles. The number of likely N-dealkylation sites (tertiary alicyclic amines) is 1. The maximum absolute atomic E-state index is 12.7. The molecule has 1 aliphatic heterocycles. The van der Waals surface area contributed by atoms with E-state index in [9.17, 15) is 14.4 Å². The first-order chi connectivity index (χ1) is 20.1. The zero-order chi connectivity index (χ0) is 29.1. The number of carbonyl (C=O) groups is 3. The molecule has 8 nitrogen and oxygen atoms in total. The number of amides is 1. The van der Waals surface area contributed by atoms with Crippen molar-refractivity contribution < 1.29 is 33.0 Å². The predicted molar refractivity (Wildman–Crippen MR) is 157 cm³/mol. The lowest BCUT2D eigenvalue weighted by Crippen LogP contribution is -2.43. The van der Waals surface area contributed by atoms with Crippen molar-refractivity contribution in [1.82, 2.24) is 4.90 Å². The van der Waals surface area contributed by atoms with Crippen LogP contribution in [0.4, 0.5) is 0 Å². The lowest BCUT2D eigenvalue weighted by molar-refractivity contribution is -0.155. The molecule has 3 rings (SSSR count). The van der Waals surface area contributed by atoms with E-state index in [2.05, 4.69) is 6.92 Å². The Balaban J connectivity index is 1.26. The lowest BCUT2D eigenvalue weighted by atomic mass is 10.1. The standard InChI is InChI=1S/C33H47NO7/c1-2-3-4-5-6-7-8-9-10-11-12-16-24-38-31-22-21-29(41-31)33(37)40-26-30(35)34-23-17-20-28(34)32(36)39-25-27-18-14-13-15-19-27/h13-15,18-19,21-22,28H,2-12,16-17,20,23-26H2,1H3. The van der Waals surface area contributed by atoms with Gasteiger partial charge >= 0.3 is 11.9 Å². The fourth-order valence-electron chi connectivity index (χ4n) is 5.04. The van der Waals surface area contributed by atoms with Gasteiger partial charge in [-0.05, 0) is 30.9 Å². The third kappa shape index (κ3) is 12.0. The Morgan fingerprint density at radius 3 is 2.17 bits per heavy atom. The van der Waals surface area contributed by atoms with Crippen molar-refractivity contribution >= 4 is 17.8 Å². The normalized spacial score (nSPS) is 14.7. The Morgan fingerprint density at radius 2 is 1.49 bits per heavy atom. The predicted octanol–water partition coefficient (Wildman–Crippen LogP) is 7.25. The van der Waals surface area contributed by atoms with Gasteiger partial charge in [0, 0.05) is 12.6 Å². The van der Waals surface area contributed by atoms with E-state index >= 15 is 0 Å². The van der Waals surface area contributed by atoms with Gasteiger partial charge in [0.15, 0.2) is 6.61 Å². The number of benzene rings is 1. The smallest absolute Gasteiger partial charge is 0.374 e. The van der Waals surface area contributed by atoms with Crippen LogP contribution in [-0.4, -0.2) is 48.5 Å². The molecule has 1 aliphatic rings. The number of carbonyl (C=O) groups excluding carboxylic acids is 3. The van der Waals surface area contributed by atoms with E-state index in [0.717, 1.165) is 18.4 Å². The molecule has 1 saturated heterocycles. The summed E-state index contributed by atoms with van der Waals surface area (Å²) in [6.07, 6.45) is 16.5. The second kappa shape index (κ2) is 18.9. The highest BCUT2D eigenvalue weighted by Crippen LogP contribution is 2.21. The Bertz CT molecular complexity index is 1040. The van der Waals surface area contributed by atoms with E-state index in [1.807, 2.05) is 30.3 Å². The molecule has 0 saturated carbocycles. The number of hydrogen-bond donors (Lipinski definition) is 0. The molecule has 2 aromatic rings. The fourth-order valence-corrected chi connectivity index (χ4v) is 5.04. The molecule has 0 N–H and O–H groups in total. The van der Waals surface area contributed by atoms with Gasteiger partial charge in [-0.2, -0.15) is 0 Å².